The van der Waals surface area contributed by atoms with Gasteiger partial charge in [0.2, 0.25) is 10.0 Å². The molecular formula is C27H30N2O5S. The number of benzene rings is 3. The lowest BCUT2D eigenvalue weighted by Crippen LogP contribution is -2.42. The Balaban J connectivity index is 1.62. The molecule has 0 fully saturated rings. The van der Waals surface area contributed by atoms with E-state index in [2.05, 4.69) is 17.0 Å². The highest BCUT2D eigenvalue weighted by molar-refractivity contribution is 7.89. The van der Waals surface area contributed by atoms with Crippen molar-refractivity contribution in [1.29, 1.82) is 0 Å². The first kappa shape index (κ1) is 26.1. The molecule has 0 saturated carbocycles. The van der Waals surface area contributed by atoms with Gasteiger partial charge in [-0.2, -0.15) is 4.72 Å². The zero-order chi connectivity index (χ0) is 25.3. The van der Waals surface area contributed by atoms with Gasteiger partial charge in [0.1, 0.15) is 6.04 Å². The van der Waals surface area contributed by atoms with E-state index in [9.17, 15) is 23.1 Å². The number of anilines is 1. The van der Waals surface area contributed by atoms with Crippen molar-refractivity contribution in [3.63, 3.8) is 0 Å². The van der Waals surface area contributed by atoms with E-state index in [-0.39, 0.29) is 17.2 Å². The lowest BCUT2D eigenvalue weighted by molar-refractivity contribution is -0.138. The minimum Gasteiger partial charge on any atom is -0.480 e. The van der Waals surface area contributed by atoms with Crippen molar-refractivity contribution in [2.45, 2.75) is 50.0 Å². The molecule has 0 aliphatic carbocycles. The minimum absolute atomic E-state index is 0.0148. The van der Waals surface area contributed by atoms with Gasteiger partial charge in [0.25, 0.3) is 5.91 Å². The standard InChI is InChI=1S/C27H30N2O5S/c1-2-3-5-8-20-11-13-22(14-12-20)26(30)28-23-15-17-24(18-16-23)35(33,34)29-25(27(31)32)19-21-9-6-4-7-10-21/h4,6-7,9-18,25,29H,2-3,5,8,19H2,1H3,(H,28,30)(H,31,32)/t25-/m0/s1. The van der Waals surface area contributed by atoms with Gasteiger partial charge in [0, 0.05) is 11.3 Å². The van der Waals surface area contributed by atoms with Crippen LogP contribution in [0.5, 0.6) is 0 Å². The molecule has 0 aromatic heterocycles. The Morgan fingerprint density at radius 2 is 1.51 bits per heavy atom. The Hall–Kier alpha value is -3.49. The molecule has 35 heavy (non-hydrogen) atoms. The number of aliphatic carboxylic acids is 1. The summed E-state index contributed by atoms with van der Waals surface area (Å²) in [5.74, 6) is -1.56. The number of carboxylic acid groups (broad SMARTS) is 1. The fourth-order valence-corrected chi connectivity index (χ4v) is 4.80. The normalized spacial score (nSPS) is 12.1. The molecule has 0 aliphatic heterocycles. The molecular weight excluding hydrogens is 464 g/mol. The van der Waals surface area contributed by atoms with Gasteiger partial charge in [-0.1, -0.05) is 62.2 Å². The molecule has 0 aliphatic rings. The molecule has 0 spiro atoms. The van der Waals surface area contributed by atoms with Crippen molar-refractivity contribution in [2.24, 2.45) is 0 Å². The van der Waals surface area contributed by atoms with Gasteiger partial charge in [0.05, 0.1) is 4.90 Å². The summed E-state index contributed by atoms with van der Waals surface area (Å²) >= 11 is 0. The average molecular weight is 495 g/mol. The maximum atomic E-state index is 12.8. The zero-order valence-corrected chi connectivity index (χ0v) is 20.4. The van der Waals surface area contributed by atoms with Crippen LogP contribution in [0.3, 0.4) is 0 Å². The number of hydrogen-bond donors (Lipinski definition) is 3. The molecule has 0 radical (unpaired) electrons. The second-order valence-corrected chi connectivity index (χ2v) is 10.0. The van der Waals surface area contributed by atoms with Crippen LogP contribution in [0.2, 0.25) is 0 Å². The average Bonchev–Trinajstić information content (AvgIpc) is 2.85. The number of aryl methyl sites for hydroxylation is 1. The first-order valence-electron chi connectivity index (χ1n) is 11.6. The number of carbonyl (C=O) groups is 2. The van der Waals surface area contributed by atoms with Gasteiger partial charge in [-0.15, -0.1) is 0 Å². The predicted molar refractivity (Wildman–Crippen MR) is 136 cm³/mol. The van der Waals surface area contributed by atoms with E-state index in [0.717, 1.165) is 19.3 Å². The van der Waals surface area contributed by atoms with Crippen LogP contribution in [0.1, 0.15) is 47.7 Å². The second kappa shape index (κ2) is 12.3. The lowest BCUT2D eigenvalue weighted by Gasteiger charge is -2.15. The number of sulfonamides is 1. The summed E-state index contributed by atoms with van der Waals surface area (Å²) in [5, 5.41) is 12.2. The van der Waals surface area contributed by atoms with Crippen LogP contribution in [0.25, 0.3) is 0 Å². The Kier molecular flexibility index (Phi) is 9.17. The minimum atomic E-state index is -4.08. The lowest BCUT2D eigenvalue weighted by atomic mass is 10.1. The van der Waals surface area contributed by atoms with Crippen LogP contribution >= 0.6 is 0 Å². The van der Waals surface area contributed by atoms with Crippen LogP contribution in [0.15, 0.2) is 83.8 Å². The van der Waals surface area contributed by atoms with E-state index in [0.29, 0.717) is 16.8 Å². The van der Waals surface area contributed by atoms with Crippen LogP contribution in [-0.2, 0) is 27.7 Å². The van der Waals surface area contributed by atoms with E-state index in [1.54, 1.807) is 42.5 Å². The van der Waals surface area contributed by atoms with Crippen molar-refractivity contribution in [3.05, 3.63) is 95.6 Å². The SMILES string of the molecule is CCCCCc1ccc(C(=O)Nc2ccc(S(=O)(=O)N[C@@H](Cc3ccccc3)C(=O)O)cc2)cc1. The van der Waals surface area contributed by atoms with Crippen molar-refractivity contribution in [2.75, 3.05) is 5.32 Å². The molecule has 1 amide bonds. The van der Waals surface area contributed by atoms with Gasteiger partial charge >= 0.3 is 5.97 Å². The molecule has 3 N–H and O–H groups in total. The van der Waals surface area contributed by atoms with Gasteiger partial charge in [0.15, 0.2) is 0 Å². The van der Waals surface area contributed by atoms with E-state index in [4.69, 9.17) is 0 Å². The smallest absolute Gasteiger partial charge is 0.322 e. The molecule has 184 valence electrons. The monoisotopic (exact) mass is 494 g/mol. The van der Waals surface area contributed by atoms with Gasteiger partial charge < -0.3 is 10.4 Å². The molecule has 3 aromatic rings. The van der Waals surface area contributed by atoms with E-state index in [1.165, 1.54) is 36.2 Å². The fourth-order valence-electron chi connectivity index (χ4n) is 3.61. The van der Waals surface area contributed by atoms with Gasteiger partial charge in [-0.05, 0) is 66.8 Å². The highest BCUT2D eigenvalue weighted by Crippen LogP contribution is 2.17. The largest absolute Gasteiger partial charge is 0.480 e. The first-order valence-corrected chi connectivity index (χ1v) is 13.1. The van der Waals surface area contributed by atoms with Crippen LogP contribution < -0.4 is 10.0 Å². The topological polar surface area (TPSA) is 113 Å². The molecule has 3 aromatic carbocycles. The summed E-state index contributed by atoms with van der Waals surface area (Å²) in [5.41, 5.74) is 2.83. The van der Waals surface area contributed by atoms with E-state index >= 15 is 0 Å². The van der Waals surface area contributed by atoms with Crippen LogP contribution in [0.4, 0.5) is 5.69 Å². The summed E-state index contributed by atoms with van der Waals surface area (Å²) in [6.45, 7) is 2.16. The zero-order valence-electron chi connectivity index (χ0n) is 19.6. The third-order valence-corrected chi connectivity index (χ3v) is 7.07. The summed E-state index contributed by atoms with van der Waals surface area (Å²) in [4.78, 5) is 24.1. The molecule has 7 nitrogen and oxygen atoms in total. The second-order valence-electron chi connectivity index (χ2n) is 8.33. The summed E-state index contributed by atoms with van der Waals surface area (Å²) in [6.07, 6.45) is 4.44. The Bertz CT molecular complexity index is 1220. The molecule has 0 unspecified atom stereocenters. The molecule has 1 atom stereocenters. The number of rotatable bonds is 12. The highest BCUT2D eigenvalue weighted by atomic mass is 32.2. The van der Waals surface area contributed by atoms with E-state index in [1.807, 2.05) is 12.1 Å². The molecule has 3 rings (SSSR count). The molecule has 8 heteroatoms. The number of unbranched alkanes of at least 4 members (excludes halogenated alkanes) is 2. The number of carboxylic acids is 1. The summed E-state index contributed by atoms with van der Waals surface area (Å²) < 4.78 is 27.8. The highest BCUT2D eigenvalue weighted by Gasteiger charge is 2.25. The summed E-state index contributed by atoms with van der Waals surface area (Å²) in [6, 6.07) is 20.5. The third kappa shape index (κ3) is 7.77. The Morgan fingerprint density at radius 3 is 2.11 bits per heavy atom. The number of nitrogens with one attached hydrogen (secondary N) is 2. The van der Waals surface area contributed by atoms with Crippen molar-refractivity contribution in [1.82, 2.24) is 4.72 Å². The fraction of sp³-hybridized carbons (Fsp3) is 0.259. The third-order valence-electron chi connectivity index (χ3n) is 5.59. The molecule has 0 heterocycles. The maximum Gasteiger partial charge on any atom is 0.322 e. The van der Waals surface area contributed by atoms with Crippen LogP contribution in [0, 0.1) is 0 Å². The first-order chi connectivity index (χ1) is 16.8. The van der Waals surface area contributed by atoms with Crippen molar-refractivity contribution in [3.8, 4) is 0 Å². The Morgan fingerprint density at radius 1 is 0.857 bits per heavy atom. The van der Waals surface area contributed by atoms with Crippen LogP contribution in [-0.4, -0.2) is 31.4 Å². The van der Waals surface area contributed by atoms with Crippen molar-refractivity contribution < 1.29 is 23.1 Å². The quantitative estimate of drug-likeness (QED) is 0.317. The van der Waals surface area contributed by atoms with Crippen molar-refractivity contribution >= 4 is 27.6 Å². The summed E-state index contributed by atoms with van der Waals surface area (Å²) in [7, 11) is -4.08. The maximum absolute atomic E-state index is 12.8. The van der Waals surface area contributed by atoms with Gasteiger partial charge in [-0.25, -0.2) is 8.42 Å². The van der Waals surface area contributed by atoms with Gasteiger partial charge in [-0.3, -0.25) is 9.59 Å². The number of amides is 1. The number of hydrogen-bond acceptors (Lipinski definition) is 4. The predicted octanol–water partition coefficient (Wildman–Crippen LogP) is 4.65. The van der Waals surface area contributed by atoms with E-state index < -0.39 is 22.0 Å². The molecule has 0 bridgehead atoms. The Labute approximate surface area is 206 Å². The number of carbonyl (C=O) groups excluding carboxylic acids is 1. The molecule has 0 saturated heterocycles.